The van der Waals surface area contributed by atoms with E-state index in [4.69, 9.17) is 5.14 Å². The standard InChI is InChI=1S/C12H19N3O4S/c1-14(2)6-7-15(3)11-5-4-9(20(13,18)19)8-10(11)12(16)17/h4-5,8H,6-7H2,1-3H3,(H,16,17)(H2,13,18,19). The zero-order valence-corrected chi connectivity index (χ0v) is 12.5. The number of sulfonamides is 1. The van der Waals surface area contributed by atoms with E-state index in [-0.39, 0.29) is 10.5 Å². The summed E-state index contributed by atoms with van der Waals surface area (Å²) in [4.78, 5) is 14.8. The van der Waals surface area contributed by atoms with Crippen molar-refractivity contribution in [1.29, 1.82) is 0 Å². The van der Waals surface area contributed by atoms with Crippen LogP contribution in [-0.4, -0.2) is 58.6 Å². The van der Waals surface area contributed by atoms with Gasteiger partial charge in [-0.25, -0.2) is 18.4 Å². The van der Waals surface area contributed by atoms with Gasteiger partial charge in [-0.1, -0.05) is 0 Å². The van der Waals surface area contributed by atoms with Gasteiger partial charge in [-0.3, -0.25) is 0 Å². The summed E-state index contributed by atoms with van der Waals surface area (Å²) < 4.78 is 22.5. The second kappa shape index (κ2) is 6.21. The molecule has 8 heteroatoms. The highest BCUT2D eigenvalue weighted by Crippen LogP contribution is 2.23. The molecule has 0 atom stereocenters. The molecule has 3 N–H and O–H groups in total. The number of benzene rings is 1. The highest BCUT2D eigenvalue weighted by Gasteiger charge is 2.18. The maximum atomic E-state index is 11.3. The van der Waals surface area contributed by atoms with E-state index in [0.717, 1.165) is 12.6 Å². The Morgan fingerprint density at radius 3 is 2.30 bits per heavy atom. The molecule has 0 amide bonds. The first-order valence-electron chi connectivity index (χ1n) is 5.89. The summed E-state index contributed by atoms with van der Waals surface area (Å²) in [5.41, 5.74) is 0.365. The summed E-state index contributed by atoms with van der Waals surface area (Å²) in [6.07, 6.45) is 0. The van der Waals surface area contributed by atoms with E-state index in [0.29, 0.717) is 12.2 Å². The summed E-state index contributed by atoms with van der Waals surface area (Å²) in [5, 5.41) is 14.2. The fraction of sp³-hybridized carbons (Fsp3) is 0.417. The van der Waals surface area contributed by atoms with E-state index in [1.54, 1.807) is 11.9 Å². The van der Waals surface area contributed by atoms with Crippen molar-refractivity contribution in [3.63, 3.8) is 0 Å². The van der Waals surface area contributed by atoms with Gasteiger partial charge in [0.2, 0.25) is 10.0 Å². The van der Waals surface area contributed by atoms with E-state index < -0.39 is 16.0 Å². The predicted molar refractivity (Wildman–Crippen MR) is 76.6 cm³/mol. The largest absolute Gasteiger partial charge is 0.478 e. The van der Waals surface area contributed by atoms with Gasteiger partial charge in [-0.05, 0) is 32.3 Å². The monoisotopic (exact) mass is 301 g/mol. The topological polar surface area (TPSA) is 104 Å². The van der Waals surface area contributed by atoms with E-state index >= 15 is 0 Å². The number of aromatic carboxylic acids is 1. The van der Waals surface area contributed by atoms with E-state index in [2.05, 4.69) is 0 Å². The highest BCUT2D eigenvalue weighted by atomic mass is 32.2. The van der Waals surface area contributed by atoms with Gasteiger partial charge in [0.1, 0.15) is 0 Å². The smallest absolute Gasteiger partial charge is 0.337 e. The van der Waals surface area contributed by atoms with Crippen molar-refractivity contribution in [3.8, 4) is 0 Å². The Bertz CT molecular complexity index is 599. The summed E-state index contributed by atoms with van der Waals surface area (Å²) in [6, 6.07) is 3.85. The maximum absolute atomic E-state index is 11.3. The molecule has 0 aliphatic carbocycles. The third kappa shape index (κ3) is 4.19. The molecule has 0 saturated carbocycles. The molecule has 0 aliphatic heterocycles. The number of hydrogen-bond acceptors (Lipinski definition) is 5. The van der Waals surface area contributed by atoms with Crippen molar-refractivity contribution < 1.29 is 18.3 Å². The Labute approximate surface area is 118 Å². The molecule has 0 aromatic heterocycles. The number of carboxylic acids is 1. The first-order chi connectivity index (χ1) is 9.12. The minimum absolute atomic E-state index is 0.0854. The number of anilines is 1. The van der Waals surface area contributed by atoms with E-state index in [1.807, 2.05) is 19.0 Å². The van der Waals surface area contributed by atoms with Gasteiger partial charge in [0, 0.05) is 20.1 Å². The number of carbonyl (C=O) groups is 1. The van der Waals surface area contributed by atoms with Crippen LogP contribution < -0.4 is 10.0 Å². The molecule has 0 aliphatic rings. The predicted octanol–water partition coefficient (Wildman–Crippen LogP) is 0.0300. The minimum Gasteiger partial charge on any atom is -0.478 e. The van der Waals surface area contributed by atoms with Crippen LogP contribution in [0, 0.1) is 0 Å². The maximum Gasteiger partial charge on any atom is 0.337 e. The number of nitrogens with two attached hydrogens (primary N) is 1. The van der Waals surface area contributed by atoms with E-state index in [1.165, 1.54) is 12.1 Å². The van der Waals surface area contributed by atoms with Gasteiger partial charge < -0.3 is 14.9 Å². The van der Waals surface area contributed by atoms with Gasteiger partial charge in [0.05, 0.1) is 16.1 Å². The summed E-state index contributed by atoms with van der Waals surface area (Å²) in [7, 11) is 1.66. The third-order valence-corrected chi connectivity index (χ3v) is 3.73. The van der Waals surface area contributed by atoms with Crippen LogP contribution in [0.2, 0.25) is 0 Å². The van der Waals surface area contributed by atoms with Crippen molar-refractivity contribution in [3.05, 3.63) is 23.8 Å². The quantitative estimate of drug-likeness (QED) is 0.768. The van der Waals surface area contributed by atoms with Gasteiger partial charge in [0.15, 0.2) is 0 Å². The molecule has 1 rings (SSSR count). The van der Waals surface area contributed by atoms with Crippen molar-refractivity contribution in [2.75, 3.05) is 39.1 Å². The summed E-state index contributed by atoms with van der Waals surface area (Å²) in [5.74, 6) is -1.19. The average molecular weight is 301 g/mol. The van der Waals surface area contributed by atoms with Crippen LogP contribution in [-0.2, 0) is 10.0 Å². The minimum atomic E-state index is -3.92. The fourth-order valence-corrected chi connectivity index (χ4v) is 2.21. The van der Waals surface area contributed by atoms with Crippen LogP contribution in [0.5, 0.6) is 0 Å². The van der Waals surface area contributed by atoms with Crippen LogP contribution in [0.3, 0.4) is 0 Å². The molecule has 0 radical (unpaired) electrons. The van der Waals surface area contributed by atoms with Crippen LogP contribution in [0.15, 0.2) is 23.1 Å². The van der Waals surface area contributed by atoms with Crippen LogP contribution in [0.4, 0.5) is 5.69 Å². The van der Waals surface area contributed by atoms with Gasteiger partial charge in [-0.15, -0.1) is 0 Å². The Balaban J connectivity index is 3.17. The lowest BCUT2D eigenvalue weighted by molar-refractivity contribution is 0.0697. The number of primary sulfonamides is 1. The molecule has 1 aromatic rings. The molecule has 0 fully saturated rings. The number of rotatable bonds is 6. The van der Waals surface area contributed by atoms with Crippen LogP contribution >= 0.6 is 0 Å². The molecule has 0 spiro atoms. The van der Waals surface area contributed by atoms with Gasteiger partial charge >= 0.3 is 5.97 Å². The summed E-state index contributed by atoms with van der Waals surface area (Å²) >= 11 is 0. The lowest BCUT2D eigenvalue weighted by atomic mass is 10.1. The zero-order valence-electron chi connectivity index (χ0n) is 11.7. The second-order valence-corrected chi connectivity index (χ2v) is 6.32. The molecule has 20 heavy (non-hydrogen) atoms. The molecule has 0 bridgehead atoms. The highest BCUT2D eigenvalue weighted by molar-refractivity contribution is 7.89. The molecular weight excluding hydrogens is 282 g/mol. The Kier molecular flexibility index (Phi) is 5.09. The first kappa shape index (κ1) is 16.4. The number of carboxylic acid groups (broad SMARTS) is 1. The van der Waals surface area contributed by atoms with Crippen molar-refractivity contribution in [2.45, 2.75) is 4.90 Å². The normalized spacial score (nSPS) is 11.7. The zero-order chi connectivity index (χ0) is 15.5. The van der Waals surface area contributed by atoms with Crippen LogP contribution in [0.25, 0.3) is 0 Å². The molecular formula is C12H19N3O4S. The second-order valence-electron chi connectivity index (χ2n) is 4.75. The number of hydrogen-bond donors (Lipinski definition) is 2. The Hall–Kier alpha value is -1.64. The Morgan fingerprint density at radius 1 is 1.25 bits per heavy atom. The van der Waals surface area contributed by atoms with Crippen LogP contribution in [0.1, 0.15) is 10.4 Å². The van der Waals surface area contributed by atoms with Gasteiger partial charge in [0.25, 0.3) is 0 Å². The lowest BCUT2D eigenvalue weighted by Gasteiger charge is -2.23. The number of likely N-dealkylation sites (N-methyl/N-ethyl adjacent to an activating group) is 2. The fourth-order valence-electron chi connectivity index (χ4n) is 1.67. The molecule has 0 saturated heterocycles. The lowest BCUT2D eigenvalue weighted by Crippen LogP contribution is -2.29. The summed E-state index contributed by atoms with van der Waals surface area (Å²) in [6.45, 7) is 1.36. The van der Waals surface area contributed by atoms with Crippen molar-refractivity contribution in [1.82, 2.24) is 4.90 Å². The van der Waals surface area contributed by atoms with Crippen molar-refractivity contribution in [2.24, 2.45) is 5.14 Å². The molecule has 0 unspecified atom stereocenters. The Morgan fingerprint density at radius 2 is 1.85 bits per heavy atom. The van der Waals surface area contributed by atoms with Gasteiger partial charge in [-0.2, -0.15) is 0 Å². The first-order valence-corrected chi connectivity index (χ1v) is 7.43. The molecule has 1 aromatic carbocycles. The third-order valence-electron chi connectivity index (χ3n) is 2.82. The van der Waals surface area contributed by atoms with E-state index in [9.17, 15) is 18.3 Å². The molecule has 112 valence electrons. The van der Waals surface area contributed by atoms with Crippen molar-refractivity contribution >= 4 is 21.7 Å². The number of nitrogens with zero attached hydrogens (tertiary/aromatic N) is 2. The average Bonchev–Trinajstić information content (AvgIpc) is 2.33. The SMILES string of the molecule is CN(C)CCN(C)c1ccc(S(N)(=O)=O)cc1C(=O)O. The molecule has 7 nitrogen and oxygen atoms in total. The molecule has 0 heterocycles.